The quantitative estimate of drug-likeness (QED) is 0.167. The van der Waals surface area contributed by atoms with Crippen LogP contribution >= 0.6 is 0 Å². The van der Waals surface area contributed by atoms with Gasteiger partial charge in [0.25, 0.3) is 0 Å². The molecule has 0 radical (unpaired) electrons. The predicted octanol–water partition coefficient (Wildman–Crippen LogP) is 18.8. The summed E-state index contributed by atoms with van der Waals surface area (Å²) in [6, 6.07) is 77.5. The lowest BCUT2D eigenvalue weighted by atomic mass is 9.82. The molecule has 0 atom stereocenters. The molecule has 0 bridgehead atoms. The second-order valence-corrected chi connectivity index (χ2v) is 21.2. The molecule has 4 aromatic heterocycles. The minimum Gasteiger partial charge on any atom is -0.456 e. The van der Waals surface area contributed by atoms with Crippen LogP contribution in [-0.2, 0) is 5.41 Å². The maximum Gasteiger partial charge on any atom is 0.160 e. The Bertz CT molecular complexity index is 4830. The Kier molecular flexibility index (Phi) is 9.15. The van der Waals surface area contributed by atoms with Gasteiger partial charge in [0.2, 0.25) is 0 Å². The lowest BCUT2D eigenvalue weighted by Crippen LogP contribution is -2.14. The third-order valence-electron chi connectivity index (χ3n) is 16.5. The van der Waals surface area contributed by atoms with Gasteiger partial charge in [-0.2, -0.15) is 0 Å². The first-order chi connectivity index (χ1) is 37.4. The molecule has 5 nitrogen and oxygen atoms in total. The third kappa shape index (κ3) is 6.32. The normalized spacial score (nSPS) is 13.9. The van der Waals surface area contributed by atoms with Crippen molar-refractivity contribution < 1.29 is 4.42 Å². The molecule has 0 spiro atoms. The van der Waals surface area contributed by atoms with Gasteiger partial charge in [-0.15, -0.1) is 0 Å². The highest BCUT2D eigenvalue weighted by atomic mass is 16.3. The largest absolute Gasteiger partial charge is 0.456 e. The summed E-state index contributed by atoms with van der Waals surface area (Å²) in [7, 11) is 0. The molecular formula is C71H48N4O. The first-order valence-corrected chi connectivity index (χ1v) is 26.4. The van der Waals surface area contributed by atoms with E-state index < -0.39 is 0 Å². The molecule has 0 amide bonds. The Hall–Kier alpha value is -9.58. The fourth-order valence-electron chi connectivity index (χ4n) is 12.9. The number of rotatable bonds is 6. The average Bonchev–Trinajstić information content (AvgIpc) is 4.26. The van der Waals surface area contributed by atoms with Crippen LogP contribution < -0.4 is 0 Å². The van der Waals surface area contributed by atoms with Gasteiger partial charge in [-0.25, -0.2) is 9.97 Å². The Balaban J connectivity index is 0.837. The number of fused-ring (bicyclic) bond motifs is 13. The van der Waals surface area contributed by atoms with E-state index in [1.807, 2.05) is 6.07 Å². The Labute approximate surface area is 439 Å². The summed E-state index contributed by atoms with van der Waals surface area (Å²) < 4.78 is 11.5. The van der Waals surface area contributed by atoms with Crippen molar-refractivity contribution in [3.63, 3.8) is 0 Å². The molecular weight excluding hydrogens is 925 g/mol. The topological polar surface area (TPSA) is 48.8 Å². The smallest absolute Gasteiger partial charge is 0.160 e. The van der Waals surface area contributed by atoms with Crippen LogP contribution in [0.25, 0.3) is 138 Å². The Morgan fingerprint density at radius 1 is 0.421 bits per heavy atom. The maximum absolute atomic E-state index is 6.69. The van der Waals surface area contributed by atoms with Gasteiger partial charge in [0.1, 0.15) is 11.2 Å². The summed E-state index contributed by atoms with van der Waals surface area (Å²) in [5.74, 6) is 0.729. The Morgan fingerprint density at radius 2 is 1.11 bits per heavy atom. The molecule has 10 aromatic carbocycles. The second-order valence-electron chi connectivity index (χ2n) is 21.2. The van der Waals surface area contributed by atoms with Gasteiger partial charge in [-0.1, -0.05) is 153 Å². The fraction of sp³-hybridized carbons (Fsp3) is 0.0704. The van der Waals surface area contributed by atoms with E-state index in [1.54, 1.807) is 0 Å². The van der Waals surface area contributed by atoms with E-state index in [4.69, 9.17) is 14.4 Å². The minimum absolute atomic E-state index is 0.104. The fourth-order valence-corrected chi connectivity index (χ4v) is 12.9. The first-order valence-electron chi connectivity index (χ1n) is 26.4. The number of benzene rings is 10. The molecule has 0 N–H and O–H groups in total. The van der Waals surface area contributed by atoms with Crippen LogP contribution in [0.3, 0.4) is 0 Å². The first kappa shape index (κ1) is 42.9. The lowest BCUT2D eigenvalue weighted by Gasteiger charge is -2.21. The van der Waals surface area contributed by atoms with Crippen LogP contribution in [0.15, 0.2) is 235 Å². The number of allylic oxidation sites excluding steroid dienone is 4. The SMILES string of the molecule is CC1(C)c2ccccc2-c2cc3c4cc(-c5ccc6oc7cccc(-c8ccc9c(c8)c8ccccc8n9-c8ccc9c(C%10=CCCC=C%10)nc(-c%10ccccc%10)nc9c8)c7c6c5)ccc4n(-c4ccccc4)c3cc21. The van der Waals surface area contributed by atoms with Crippen LogP contribution in [0.1, 0.15) is 43.5 Å². The summed E-state index contributed by atoms with van der Waals surface area (Å²) in [6.45, 7) is 4.73. The van der Waals surface area contributed by atoms with Crippen molar-refractivity contribution in [3.05, 3.63) is 247 Å². The van der Waals surface area contributed by atoms with E-state index in [0.717, 1.165) is 107 Å². The van der Waals surface area contributed by atoms with Gasteiger partial charge in [0.05, 0.1) is 33.3 Å². The molecule has 2 aliphatic rings. The van der Waals surface area contributed by atoms with Crippen LogP contribution in [0.2, 0.25) is 0 Å². The van der Waals surface area contributed by atoms with Crippen LogP contribution in [0, 0.1) is 0 Å². The summed E-state index contributed by atoms with van der Waals surface area (Å²) in [4.78, 5) is 10.4. The van der Waals surface area contributed by atoms with Crippen molar-refractivity contribution in [1.82, 2.24) is 19.1 Å². The molecule has 2 aliphatic carbocycles. The molecule has 0 saturated heterocycles. The molecule has 14 aromatic rings. The number of nitrogens with zero attached hydrogens (tertiary/aromatic N) is 4. The van der Waals surface area contributed by atoms with E-state index in [2.05, 4.69) is 247 Å². The molecule has 0 fully saturated rings. The van der Waals surface area contributed by atoms with Crippen molar-refractivity contribution in [2.45, 2.75) is 32.1 Å². The number of furan rings is 1. The van der Waals surface area contributed by atoms with E-state index >= 15 is 0 Å². The van der Waals surface area contributed by atoms with Gasteiger partial charge in [-0.05, 0) is 154 Å². The molecule has 358 valence electrons. The molecule has 16 rings (SSSR count). The number of hydrogen-bond acceptors (Lipinski definition) is 3. The monoisotopic (exact) mass is 972 g/mol. The van der Waals surface area contributed by atoms with Gasteiger partial charge in [0, 0.05) is 60.1 Å². The van der Waals surface area contributed by atoms with E-state index in [-0.39, 0.29) is 5.41 Å². The minimum atomic E-state index is -0.104. The summed E-state index contributed by atoms with van der Waals surface area (Å²) in [6.07, 6.45) is 8.81. The highest BCUT2D eigenvalue weighted by molar-refractivity contribution is 6.17. The van der Waals surface area contributed by atoms with Crippen molar-refractivity contribution in [3.8, 4) is 56.1 Å². The predicted molar refractivity (Wildman–Crippen MR) is 316 cm³/mol. The maximum atomic E-state index is 6.69. The summed E-state index contributed by atoms with van der Waals surface area (Å²) in [5, 5.41) is 8.13. The molecule has 0 aliphatic heterocycles. The molecule has 5 heteroatoms. The van der Waals surface area contributed by atoms with Crippen molar-refractivity contribution in [2.75, 3.05) is 0 Å². The second kappa shape index (κ2) is 16.2. The van der Waals surface area contributed by atoms with Crippen molar-refractivity contribution in [1.29, 1.82) is 0 Å². The standard InChI is InChI=1S/C71H48N4O/c1-71(2)59-26-14-12-23-51(59)54-41-57-56-37-45(29-34-64(56)74(65(57)42-60(54)71)48-21-10-5-11-22-48)46-31-36-66-58(38-46)68-50(25-16-28-67(68)76-66)47-30-35-63-55(39-47)52-24-13-15-27-62(52)75(63)49-32-33-53-61(40-49)72-70(44-19-8-4-9-20-44)73-69(53)43-17-6-3-7-18-43/h4-6,8-42H,3,7H2,1-2H3. The van der Waals surface area contributed by atoms with Crippen LogP contribution in [0.5, 0.6) is 0 Å². The highest BCUT2D eigenvalue weighted by Gasteiger charge is 2.36. The van der Waals surface area contributed by atoms with Gasteiger partial charge >= 0.3 is 0 Å². The van der Waals surface area contributed by atoms with Crippen LogP contribution in [-0.4, -0.2) is 19.1 Å². The Morgan fingerprint density at radius 3 is 1.95 bits per heavy atom. The molecule has 76 heavy (non-hydrogen) atoms. The highest BCUT2D eigenvalue weighted by Crippen LogP contribution is 2.51. The van der Waals surface area contributed by atoms with Gasteiger partial charge in [0.15, 0.2) is 5.82 Å². The third-order valence-corrected chi connectivity index (χ3v) is 16.5. The number of para-hydroxylation sites is 2. The van der Waals surface area contributed by atoms with Gasteiger partial charge in [-0.3, -0.25) is 0 Å². The van der Waals surface area contributed by atoms with Gasteiger partial charge < -0.3 is 13.6 Å². The molecule has 4 heterocycles. The van der Waals surface area contributed by atoms with Crippen molar-refractivity contribution >= 4 is 82.0 Å². The van der Waals surface area contributed by atoms with E-state index in [0.29, 0.717) is 0 Å². The number of aromatic nitrogens is 4. The zero-order valence-corrected chi connectivity index (χ0v) is 42.1. The zero-order valence-electron chi connectivity index (χ0n) is 42.1. The lowest BCUT2D eigenvalue weighted by molar-refractivity contribution is 0.661. The van der Waals surface area contributed by atoms with Crippen LogP contribution in [0.4, 0.5) is 0 Å². The summed E-state index contributed by atoms with van der Waals surface area (Å²) in [5.41, 5.74) is 22.6. The molecule has 0 saturated carbocycles. The zero-order chi connectivity index (χ0) is 50.2. The number of hydrogen-bond donors (Lipinski definition) is 0. The van der Waals surface area contributed by atoms with E-state index in [9.17, 15) is 0 Å². The van der Waals surface area contributed by atoms with Crippen molar-refractivity contribution in [2.24, 2.45) is 0 Å². The average molecular weight is 973 g/mol. The van der Waals surface area contributed by atoms with E-state index in [1.165, 1.54) is 60.4 Å². The molecule has 0 unspecified atom stereocenters. The summed E-state index contributed by atoms with van der Waals surface area (Å²) >= 11 is 0.